The molecule has 0 aromatic heterocycles. The number of carbonyl (C=O) groups excluding carboxylic acids is 1. The van der Waals surface area contributed by atoms with E-state index in [1.807, 2.05) is 4.90 Å². The predicted molar refractivity (Wildman–Crippen MR) is 70.0 cm³/mol. The summed E-state index contributed by atoms with van der Waals surface area (Å²) in [6.45, 7) is 0. The Kier molecular flexibility index (Phi) is 2.86. The van der Waals surface area contributed by atoms with E-state index in [2.05, 4.69) is 0 Å². The van der Waals surface area contributed by atoms with Gasteiger partial charge in [0.25, 0.3) is 5.91 Å². The molecule has 2 aliphatic rings. The third kappa shape index (κ3) is 2.04. The summed E-state index contributed by atoms with van der Waals surface area (Å²) in [5.41, 5.74) is 6.24. The number of hydrogen-bond donors (Lipinski definition) is 3. The molecule has 4 N–H and O–H groups in total. The highest BCUT2D eigenvalue weighted by atomic mass is 16.3. The predicted octanol–water partition coefficient (Wildman–Crippen LogP) is 1.19. The van der Waals surface area contributed by atoms with E-state index in [0.717, 1.165) is 25.7 Å². The van der Waals surface area contributed by atoms with Crippen molar-refractivity contribution < 1.29 is 15.0 Å². The summed E-state index contributed by atoms with van der Waals surface area (Å²) >= 11 is 0. The van der Waals surface area contributed by atoms with Crippen LogP contribution in [0.15, 0.2) is 18.2 Å². The van der Waals surface area contributed by atoms with Crippen molar-refractivity contribution in [3.05, 3.63) is 23.8 Å². The number of nitrogens with zero attached hydrogens (tertiary/aromatic N) is 1. The minimum absolute atomic E-state index is 0.0438. The molecule has 2 heterocycles. The summed E-state index contributed by atoms with van der Waals surface area (Å²) in [6, 6.07) is 4.65. The maximum absolute atomic E-state index is 12.5. The molecule has 1 aromatic carbocycles. The van der Waals surface area contributed by atoms with Crippen LogP contribution < -0.4 is 5.73 Å². The molecule has 0 saturated carbocycles. The number of fused-ring (bicyclic) bond motifs is 2. The number of aromatic hydroxyl groups is 2. The lowest BCUT2D eigenvalue weighted by Crippen LogP contribution is -2.50. The summed E-state index contributed by atoms with van der Waals surface area (Å²) in [4.78, 5) is 14.4. The maximum Gasteiger partial charge on any atom is 0.258 e. The Morgan fingerprint density at radius 1 is 1.21 bits per heavy atom. The second-order valence-electron chi connectivity index (χ2n) is 5.53. The molecule has 3 rings (SSSR count). The fraction of sp³-hybridized carbons (Fsp3) is 0.500. The van der Waals surface area contributed by atoms with Crippen LogP contribution in [0.3, 0.4) is 0 Å². The van der Waals surface area contributed by atoms with E-state index in [0.29, 0.717) is 0 Å². The second-order valence-corrected chi connectivity index (χ2v) is 5.53. The molecular weight excluding hydrogens is 244 g/mol. The van der Waals surface area contributed by atoms with Gasteiger partial charge in [0.2, 0.25) is 0 Å². The molecule has 5 nitrogen and oxygen atoms in total. The molecule has 19 heavy (non-hydrogen) atoms. The SMILES string of the molecule is NC1CC2CCC(C1)N2C(=O)c1ccc(O)cc1O. The van der Waals surface area contributed by atoms with Crippen molar-refractivity contribution in [2.24, 2.45) is 5.73 Å². The lowest BCUT2D eigenvalue weighted by Gasteiger charge is -2.37. The highest BCUT2D eigenvalue weighted by Gasteiger charge is 2.42. The largest absolute Gasteiger partial charge is 0.508 e. The maximum atomic E-state index is 12.5. The first-order valence-corrected chi connectivity index (χ1v) is 6.66. The zero-order valence-corrected chi connectivity index (χ0v) is 10.6. The molecule has 1 amide bonds. The standard InChI is InChI=1S/C14H18N2O3/c15-8-5-9-1-2-10(6-8)16(9)14(19)12-4-3-11(17)7-13(12)18/h3-4,7-10,17-18H,1-2,5-6,15H2. The highest BCUT2D eigenvalue weighted by Crippen LogP contribution is 2.37. The molecule has 0 aliphatic carbocycles. The van der Waals surface area contributed by atoms with E-state index in [-0.39, 0.29) is 41.1 Å². The van der Waals surface area contributed by atoms with Gasteiger partial charge in [-0.05, 0) is 37.8 Å². The second kappa shape index (κ2) is 4.42. The Hall–Kier alpha value is -1.75. The lowest BCUT2D eigenvalue weighted by molar-refractivity contribution is 0.0572. The van der Waals surface area contributed by atoms with Gasteiger partial charge in [-0.15, -0.1) is 0 Å². The zero-order chi connectivity index (χ0) is 13.6. The van der Waals surface area contributed by atoms with Gasteiger partial charge in [-0.3, -0.25) is 4.79 Å². The Morgan fingerprint density at radius 3 is 2.42 bits per heavy atom. The number of phenols is 2. The first-order valence-electron chi connectivity index (χ1n) is 6.66. The topological polar surface area (TPSA) is 86.8 Å². The number of piperidine rings is 1. The normalized spacial score (nSPS) is 29.5. The molecule has 102 valence electrons. The van der Waals surface area contributed by atoms with Crippen LogP contribution >= 0.6 is 0 Å². The lowest BCUT2D eigenvalue weighted by atomic mass is 9.97. The Bertz CT molecular complexity index is 503. The van der Waals surface area contributed by atoms with Crippen LogP contribution in [0.4, 0.5) is 0 Å². The van der Waals surface area contributed by atoms with Gasteiger partial charge >= 0.3 is 0 Å². The van der Waals surface area contributed by atoms with Gasteiger partial charge in [0.15, 0.2) is 0 Å². The van der Waals surface area contributed by atoms with Gasteiger partial charge < -0.3 is 20.8 Å². The molecule has 2 saturated heterocycles. The number of amides is 1. The molecular formula is C14H18N2O3. The minimum Gasteiger partial charge on any atom is -0.508 e. The van der Waals surface area contributed by atoms with Gasteiger partial charge in [-0.25, -0.2) is 0 Å². The Morgan fingerprint density at radius 2 is 1.84 bits per heavy atom. The van der Waals surface area contributed by atoms with Crippen LogP contribution in [0.5, 0.6) is 11.5 Å². The molecule has 2 bridgehead atoms. The van der Waals surface area contributed by atoms with Gasteiger partial charge in [0, 0.05) is 24.2 Å². The molecule has 2 atom stereocenters. The number of benzene rings is 1. The first kappa shape index (κ1) is 12.3. The van der Waals surface area contributed by atoms with E-state index < -0.39 is 0 Å². The average Bonchev–Trinajstić information content (AvgIpc) is 2.61. The fourth-order valence-corrected chi connectivity index (χ4v) is 3.39. The van der Waals surface area contributed by atoms with Crippen molar-refractivity contribution in [3.63, 3.8) is 0 Å². The van der Waals surface area contributed by atoms with Crippen LogP contribution in [-0.4, -0.2) is 39.1 Å². The molecule has 1 aromatic rings. The monoisotopic (exact) mass is 262 g/mol. The van der Waals surface area contributed by atoms with Crippen molar-refractivity contribution in [3.8, 4) is 11.5 Å². The van der Waals surface area contributed by atoms with Crippen LogP contribution in [0.25, 0.3) is 0 Å². The van der Waals surface area contributed by atoms with Gasteiger partial charge in [0.05, 0.1) is 5.56 Å². The summed E-state index contributed by atoms with van der Waals surface area (Å²) in [5.74, 6) is -0.367. The van der Waals surface area contributed by atoms with Crippen LogP contribution in [0.1, 0.15) is 36.0 Å². The summed E-state index contributed by atoms with van der Waals surface area (Å²) < 4.78 is 0. The van der Waals surface area contributed by atoms with E-state index in [1.165, 1.54) is 18.2 Å². The molecule has 0 radical (unpaired) electrons. The van der Waals surface area contributed by atoms with E-state index in [1.54, 1.807) is 0 Å². The molecule has 5 heteroatoms. The number of rotatable bonds is 1. The number of hydrogen-bond acceptors (Lipinski definition) is 4. The minimum atomic E-state index is -0.167. The summed E-state index contributed by atoms with van der Waals surface area (Å²) in [5, 5.41) is 19.1. The smallest absolute Gasteiger partial charge is 0.258 e. The molecule has 2 aliphatic heterocycles. The Balaban J connectivity index is 1.88. The first-order chi connectivity index (χ1) is 9.06. The van der Waals surface area contributed by atoms with E-state index in [9.17, 15) is 15.0 Å². The van der Waals surface area contributed by atoms with Crippen molar-refractivity contribution in [2.75, 3.05) is 0 Å². The van der Waals surface area contributed by atoms with E-state index in [4.69, 9.17) is 5.73 Å². The number of carbonyl (C=O) groups is 1. The van der Waals surface area contributed by atoms with Crippen LogP contribution in [0, 0.1) is 0 Å². The number of nitrogens with two attached hydrogens (primary N) is 1. The van der Waals surface area contributed by atoms with Crippen molar-refractivity contribution in [1.82, 2.24) is 4.90 Å². The van der Waals surface area contributed by atoms with Crippen molar-refractivity contribution >= 4 is 5.91 Å². The molecule has 2 unspecified atom stereocenters. The summed E-state index contributed by atoms with van der Waals surface area (Å²) in [6.07, 6.45) is 3.65. The zero-order valence-electron chi connectivity index (χ0n) is 10.6. The van der Waals surface area contributed by atoms with Gasteiger partial charge in [-0.2, -0.15) is 0 Å². The average molecular weight is 262 g/mol. The van der Waals surface area contributed by atoms with Gasteiger partial charge in [-0.1, -0.05) is 0 Å². The quantitative estimate of drug-likeness (QED) is 0.709. The highest BCUT2D eigenvalue weighted by molar-refractivity contribution is 5.97. The fourth-order valence-electron chi connectivity index (χ4n) is 3.39. The molecule has 0 spiro atoms. The van der Waals surface area contributed by atoms with Crippen LogP contribution in [-0.2, 0) is 0 Å². The van der Waals surface area contributed by atoms with Crippen LogP contribution in [0.2, 0.25) is 0 Å². The van der Waals surface area contributed by atoms with Crippen molar-refractivity contribution in [1.29, 1.82) is 0 Å². The third-order valence-corrected chi connectivity index (χ3v) is 4.22. The van der Waals surface area contributed by atoms with Crippen molar-refractivity contribution in [2.45, 2.75) is 43.8 Å². The Labute approximate surface area is 111 Å². The van der Waals surface area contributed by atoms with E-state index >= 15 is 0 Å². The third-order valence-electron chi connectivity index (χ3n) is 4.22. The van der Waals surface area contributed by atoms with Gasteiger partial charge in [0.1, 0.15) is 11.5 Å². The number of phenolic OH excluding ortho intramolecular Hbond substituents is 2. The molecule has 2 fully saturated rings. The summed E-state index contributed by atoms with van der Waals surface area (Å²) in [7, 11) is 0.